The fraction of sp³-hybridized carbons (Fsp3) is 0.310. The van der Waals surface area contributed by atoms with Gasteiger partial charge in [-0.05, 0) is 55.8 Å². The van der Waals surface area contributed by atoms with Crippen LogP contribution in [0.15, 0.2) is 77.7 Å². The molecule has 0 spiro atoms. The summed E-state index contributed by atoms with van der Waals surface area (Å²) in [7, 11) is 0.270. The Labute approximate surface area is 235 Å². The highest BCUT2D eigenvalue weighted by Crippen LogP contribution is 2.34. The third-order valence-corrected chi connectivity index (χ3v) is 8.08. The molecule has 1 atom stereocenters. The van der Waals surface area contributed by atoms with E-state index >= 15 is 0 Å². The van der Waals surface area contributed by atoms with E-state index in [1.165, 1.54) is 43.4 Å². The number of rotatable bonds is 13. The molecule has 1 N–H and O–H groups in total. The third-order valence-electron chi connectivity index (χ3n) is 6.30. The highest BCUT2D eigenvalue weighted by molar-refractivity contribution is 7.92. The molecule has 0 aliphatic carbocycles. The number of anilines is 1. The minimum atomic E-state index is -4.19. The van der Waals surface area contributed by atoms with Crippen LogP contribution in [0.3, 0.4) is 0 Å². The summed E-state index contributed by atoms with van der Waals surface area (Å²) in [6.07, 6.45) is 0. The van der Waals surface area contributed by atoms with E-state index in [4.69, 9.17) is 14.2 Å². The zero-order chi connectivity index (χ0) is 29.3. The lowest BCUT2D eigenvalue weighted by molar-refractivity contribution is -0.139. The van der Waals surface area contributed by atoms with Gasteiger partial charge >= 0.3 is 0 Å². The van der Waals surface area contributed by atoms with Gasteiger partial charge in [0.1, 0.15) is 18.3 Å². The maximum absolute atomic E-state index is 13.9. The first-order valence-electron chi connectivity index (χ1n) is 12.7. The Morgan fingerprint density at radius 1 is 0.875 bits per heavy atom. The molecule has 0 saturated carbocycles. The SMILES string of the molecule is CCNC(=O)C(C)N(Cc1ccc(OC)cc1)C(=O)CN(c1ccc(OC)c(OC)c1)S(=O)(=O)c1ccccc1. The molecule has 0 aliphatic rings. The lowest BCUT2D eigenvalue weighted by atomic mass is 10.1. The topological polar surface area (TPSA) is 114 Å². The minimum Gasteiger partial charge on any atom is -0.497 e. The van der Waals surface area contributed by atoms with E-state index in [2.05, 4.69) is 5.32 Å². The fourth-order valence-corrected chi connectivity index (χ4v) is 5.49. The average molecular weight is 570 g/mol. The first-order chi connectivity index (χ1) is 19.2. The van der Waals surface area contributed by atoms with E-state index < -0.39 is 28.5 Å². The molecule has 0 aliphatic heterocycles. The predicted molar refractivity (Wildman–Crippen MR) is 152 cm³/mol. The summed E-state index contributed by atoms with van der Waals surface area (Å²) in [5, 5.41) is 2.74. The summed E-state index contributed by atoms with van der Waals surface area (Å²) in [6, 6.07) is 18.6. The van der Waals surface area contributed by atoms with Gasteiger partial charge in [0.05, 0.1) is 31.9 Å². The number of hydrogen-bond acceptors (Lipinski definition) is 7. The Balaban J connectivity index is 2.06. The number of likely N-dealkylation sites (N-methyl/N-ethyl adjacent to an activating group) is 1. The molecule has 0 radical (unpaired) electrons. The van der Waals surface area contributed by atoms with E-state index in [-0.39, 0.29) is 23.0 Å². The largest absolute Gasteiger partial charge is 0.497 e. The van der Waals surface area contributed by atoms with Gasteiger partial charge < -0.3 is 24.4 Å². The van der Waals surface area contributed by atoms with Crippen LogP contribution < -0.4 is 23.8 Å². The minimum absolute atomic E-state index is 0.0102. The highest BCUT2D eigenvalue weighted by Gasteiger charge is 2.32. The van der Waals surface area contributed by atoms with E-state index in [9.17, 15) is 18.0 Å². The summed E-state index contributed by atoms with van der Waals surface area (Å²) < 4.78 is 44.7. The fourth-order valence-electron chi connectivity index (χ4n) is 4.06. The highest BCUT2D eigenvalue weighted by atomic mass is 32.2. The first kappa shape index (κ1) is 30.3. The average Bonchev–Trinajstić information content (AvgIpc) is 2.98. The van der Waals surface area contributed by atoms with Gasteiger partial charge in [-0.25, -0.2) is 8.42 Å². The molecule has 40 heavy (non-hydrogen) atoms. The number of methoxy groups -OCH3 is 3. The second kappa shape index (κ2) is 13.7. The van der Waals surface area contributed by atoms with Gasteiger partial charge in [0.25, 0.3) is 10.0 Å². The van der Waals surface area contributed by atoms with Gasteiger partial charge in [0.15, 0.2) is 11.5 Å². The van der Waals surface area contributed by atoms with Crippen molar-refractivity contribution < 1.29 is 32.2 Å². The van der Waals surface area contributed by atoms with Crippen LogP contribution in [0.4, 0.5) is 5.69 Å². The number of carbonyl (C=O) groups is 2. The second-order valence-corrected chi connectivity index (χ2v) is 10.7. The van der Waals surface area contributed by atoms with Crippen molar-refractivity contribution in [3.8, 4) is 17.2 Å². The van der Waals surface area contributed by atoms with Gasteiger partial charge in [-0.1, -0.05) is 30.3 Å². The Kier molecular flexibility index (Phi) is 10.4. The molecule has 0 fully saturated rings. The molecular formula is C29H35N3O7S. The van der Waals surface area contributed by atoms with E-state index in [1.54, 1.807) is 69.5 Å². The number of nitrogens with one attached hydrogen (secondary N) is 1. The summed E-state index contributed by atoms with van der Waals surface area (Å²) in [5.41, 5.74) is 0.943. The summed E-state index contributed by atoms with van der Waals surface area (Å²) in [4.78, 5) is 28.1. The van der Waals surface area contributed by atoms with Crippen molar-refractivity contribution in [1.29, 1.82) is 0 Å². The van der Waals surface area contributed by atoms with Gasteiger partial charge in [-0.2, -0.15) is 0 Å². The third kappa shape index (κ3) is 7.03. The standard InChI is InChI=1S/C29H35N3O7S/c1-6-30-29(34)21(2)31(19-22-12-15-24(37-3)16-13-22)28(33)20-32(40(35,36)25-10-8-7-9-11-25)23-14-17-26(38-4)27(18-23)39-5/h7-18,21H,6,19-20H2,1-5H3,(H,30,34). The monoisotopic (exact) mass is 569 g/mol. The maximum atomic E-state index is 13.9. The Hall–Kier alpha value is -4.25. The molecule has 0 heterocycles. The van der Waals surface area contributed by atoms with Crippen LogP contribution in [-0.4, -0.2) is 65.6 Å². The van der Waals surface area contributed by atoms with E-state index in [1.807, 2.05) is 0 Å². The quantitative estimate of drug-likeness (QED) is 0.335. The van der Waals surface area contributed by atoms with Crippen molar-refractivity contribution in [2.24, 2.45) is 0 Å². The molecule has 0 bridgehead atoms. The Bertz CT molecular complexity index is 1400. The molecule has 214 valence electrons. The van der Waals surface area contributed by atoms with Crippen LogP contribution in [0.5, 0.6) is 17.2 Å². The van der Waals surface area contributed by atoms with Crippen molar-refractivity contribution >= 4 is 27.5 Å². The molecule has 3 rings (SSSR count). The van der Waals surface area contributed by atoms with E-state index in [0.717, 1.165) is 9.87 Å². The van der Waals surface area contributed by atoms with Gasteiger partial charge in [0, 0.05) is 19.2 Å². The van der Waals surface area contributed by atoms with Crippen molar-refractivity contribution in [2.45, 2.75) is 31.3 Å². The Morgan fingerprint density at radius 3 is 2.10 bits per heavy atom. The van der Waals surface area contributed by atoms with Gasteiger partial charge in [-0.3, -0.25) is 13.9 Å². The molecule has 3 aromatic rings. The number of sulfonamides is 1. The summed E-state index contributed by atoms with van der Waals surface area (Å²) >= 11 is 0. The van der Waals surface area contributed by atoms with Crippen molar-refractivity contribution in [2.75, 3.05) is 38.7 Å². The smallest absolute Gasteiger partial charge is 0.264 e. The van der Waals surface area contributed by atoms with E-state index in [0.29, 0.717) is 23.8 Å². The molecule has 0 aromatic heterocycles. The van der Waals surface area contributed by atoms with Gasteiger partial charge in [-0.15, -0.1) is 0 Å². The molecule has 10 nitrogen and oxygen atoms in total. The second-order valence-electron chi connectivity index (χ2n) is 8.80. The van der Waals surface area contributed by atoms with Crippen LogP contribution in [0.2, 0.25) is 0 Å². The predicted octanol–water partition coefficient (Wildman–Crippen LogP) is 3.46. The van der Waals surface area contributed by atoms with Crippen LogP contribution in [0.25, 0.3) is 0 Å². The Morgan fingerprint density at radius 2 is 1.52 bits per heavy atom. The number of carbonyl (C=O) groups excluding carboxylic acids is 2. The summed E-state index contributed by atoms with van der Waals surface area (Å²) in [6.45, 7) is 3.29. The number of benzene rings is 3. The van der Waals surface area contributed by atoms with Crippen LogP contribution >= 0.6 is 0 Å². The molecule has 1 unspecified atom stereocenters. The molecule has 0 saturated heterocycles. The van der Waals surface area contributed by atoms with Crippen molar-refractivity contribution in [3.63, 3.8) is 0 Å². The first-order valence-corrected chi connectivity index (χ1v) is 14.1. The van der Waals surface area contributed by atoms with Crippen LogP contribution in [-0.2, 0) is 26.2 Å². The molecule has 11 heteroatoms. The number of hydrogen-bond donors (Lipinski definition) is 1. The number of nitrogens with zero attached hydrogens (tertiary/aromatic N) is 2. The summed E-state index contributed by atoms with van der Waals surface area (Å²) in [5.74, 6) is 0.427. The van der Waals surface area contributed by atoms with Crippen LogP contribution in [0, 0.1) is 0 Å². The van der Waals surface area contributed by atoms with Gasteiger partial charge in [0.2, 0.25) is 11.8 Å². The van der Waals surface area contributed by atoms with Crippen molar-refractivity contribution in [3.05, 3.63) is 78.4 Å². The number of amides is 2. The number of ether oxygens (including phenoxy) is 3. The zero-order valence-corrected chi connectivity index (χ0v) is 24.1. The molecular weight excluding hydrogens is 534 g/mol. The molecule has 2 amide bonds. The zero-order valence-electron chi connectivity index (χ0n) is 23.3. The lowest BCUT2D eigenvalue weighted by Crippen LogP contribution is -2.51. The lowest BCUT2D eigenvalue weighted by Gasteiger charge is -2.32. The normalized spacial score (nSPS) is 11.7. The van der Waals surface area contributed by atoms with Crippen molar-refractivity contribution in [1.82, 2.24) is 10.2 Å². The molecule has 3 aromatic carbocycles. The van der Waals surface area contributed by atoms with Crippen LogP contribution in [0.1, 0.15) is 19.4 Å². The maximum Gasteiger partial charge on any atom is 0.264 e.